The molecule has 0 aliphatic carbocycles. The highest BCUT2D eigenvalue weighted by Crippen LogP contribution is 2.05. The average molecular weight is 286 g/mol. The maximum absolute atomic E-state index is 8.73. The van der Waals surface area contributed by atoms with Crippen LogP contribution >= 0.6 is 0 Å². The third kappa shape index (κ3) is 7.98. The first-order valence-corrected chi connectivity index (χ1v) is 7.79. The molecule has 0 saturated carbocycles. The maximum Gasteiger partial charge on any atom is 0.188 e. The van der Waals surface area contributed by atoms with E-state index >= 15 is 0 Å². The molecule has 21 heavy (non-hydrogen) atoms. The Balaban J connectivity index is 2.16. The van der Waals surface area contributed by atoms with Gasteiger partial charge in [0.2, 0.25) is 0 Å². The summed E-state index contributed by atoms with van der Waals surface area (Å²) < 4.78 is 0. The van der Waals surface area contributed by atoms with E-state index in [9.17, 15) is 0 Å². The molecule has 0 aliphatic heterocycles. The van der Waals surface area contributed by atoms with Crippen LogP contribution in [0.3, 0.4) is 0 Å². The summed E-state index contributed by atoms with van der Waals surface area (Å²) in [6.45, 7) is 3.66. The Morgan fingerprint density at radius 3 is 2.48 bits per heavy atom. The molecule has 0 atom stereocenters. The lowest BCUT2D eigenvalue weighted by Crippen LogP contribution is -2.32. The molecular weight excluding hydrogens is 260 g/mol. The van der Waals surface area contributed by atoms with Crippen LogP contribution in [0.5, 0.6) is 0 Å². The number of nitrogens with one attached hydrogen (secondary N) is 1. The Labute approximate surface area is 128 Å². The SMILES string of the molecule is CCCCCCCCNC(N)=NCc1ccc(C#N)cc1. The van der Waals surface area contributed by atoms with Crippen LogP contribution in [0.4, 0.5) is 0 Å². The number of benzene rings is 1. The van der Waals surface area contributed by atoms with Crippen LogP contribution in [0.25, 0.3) is 0 Å². The number of nitrogens with two attached hydrogens (primary N) is 1. The quantitative estimate of drug-likeness (QED) is 0.415. The number of nitrogens with zero attached hydrogens (tertiary/aromatic N) is 2. The van der Waals surface area contributed by atoms with Gasteiger partial charge in [-0.25, -0.2) is 4.99 Å². The molecule has 1 aromatic carbocycles. The van der Waals surface area contributed by atoms with E-state index in [1.165, 1.54) is 32.1 Å². The smallest absolute Gasteiger partial charge is 0.188 e. The number of aliphatic imine (C=N–C) groups is 1. The molecule has 0 aromatic heterocycles. The van der Waals surface area contributed by atoms with Crippen LogP contribution in [-0.2, 0) is 6.54 Å². The highest BCUT2D eigenvalue weighted by Gasteiger charge is 1.95. The van der Waals surface area contributed by atoms with Crippen LogP contribution in [-0.4, -0.2) is 12.5 Å². The molecule has 4 heteroatoms. The highest BCUT2D eigenvalue weighted by atomic mass is 15.1. The summed E-state index contributed by atoms with van der Waals surface area (Å²) in [6, 6.07) is 9.50. The van der Waals surface area contributed by atoms with E-state index in [1.807, 2.05) is 12.1 Å². The van der Waals surface area contributed by atoms with Crippen molar-refractivity contribution in [2.75, 3.05) is 6.54 Å². The predicted molar refractivity (Wildman–Crippen MR) is 87.9 cm³/mol. The van der Waals surface area contributed by atoms with E-state index in [1.54, 1.807) is 12.1 Å². The van der Waals surface area contributed by atoms with Crippen molar-refractivity contribution in [2.24, 2.45) is 10.7 Å². The van der Waals surface area contributed by atoms with E-state index in [-0.39, 0.29) is 0 Å². The van der Waals surface area contributed by atoms with Crippen molar-refractivity contribution in [3.8, 4) is 6.07 Å². The Hall–Kier alpha value is -2.02. The second-order valence-corrected chi connectivity index (χ2v) is 5.20. The molecule has 0 radical (unpaired) electrons. The van der Waals surface area contributed by atoms with E-state index in [0.717, 1.165) is 18.5 Å². The summed E-state index contributed by atoms with van der Waals surface area (Å²) in [4.78, 5) is 4.30. The van der Waals surface area contributed by atoms with Crippen molar-refractivity contribution in [1.29, 1.82) is 5.26 Å². The minimum atomic E-state index is 0.493. The van der Waals surface area contributed by atoms with Crippen molar-refractivity contribution >= 4 is 5.96 Å². The van der Waals surface area contributed by atoms with Crippen molar-refractivity contribution in [2.45, 2.75) is 52.0 Å². The summed E-state index contributed by atoms with van der Waals surface area (Å²) in [5.41, 5.74) is 7.54. The lowest BCUT2D eigenvalue weighted by Gasteiger charge is -2.05. The third-order valence-corrected chi connectivity index (χ3v) is 3.35. The largest absolute Gasteiger partial charge is 0.370 e. The number of unbranched alkanes of at least 4 members (excludes halogenated alkanes) is 5. The van der Waals surface area contributed by atoms with Crippen molar-refractivity contribution < 1.29 is 0 Å². The van der Waals surface area contributed by atoms with E-state index in [0.29, 0.717) is 18.1 Å². The van der Waals surface area contributed by atoms with E-state index in [2.05, 4.69) is 23.3 Å². The molecule has 0 fully saturated rings. The van der Waals surface area contributed by atoms with Crippen LogP contribution in [0, 0.1) is 11.3 Å². The predicted octanol–water partition coefficient (Wildman–Crippen LogP) is 3.32. The Morgan fingerprint density at radius 1 is 1.14 bits per heavy atom. The topological polar surface area (TPSA) is 74.2 Å². The van der Waals surface area contributed by atoms with E-state index < -0.39 is 0 Å². The third-order valence-electron chi connectivity index (χ3n) is 3.35. The molecule has 0 aliphatic rings. The Morgan fingerprint density at radius 2 is 1.81 bits per heavy atom. The molecule has 0 spiro atoms. The van der Waals surface area contributed by atoms with Gasteiger partial charge in [0.1, 0.15) is 0 Å². The first-order chi connectivity index (χ1) is 10.3. The van der Waals surface area contributed by atoms with Gasteiger partial charge in [0, 0.05) is 6.54 Å². The molecule has 0 heterocycles. The lowest BCUT2D eigenvalue weighted by molar-refractivity contribution is 0.601. The van der Waals surface area contributed by atoms with Gasteiger partial charge >= 0.3 is 0 Å². The fraction of sp³-hybridized carbons (Fsp3) is 0.529. The zero-order chi connectivity index (χ0) is 15.3. The van der Waals surface area contributed by atoms with Crippen molar-refractivity contribution in [1.82, 2.24) is 5.32 Å². The van der Waals surface area contributed by atoms with Gasteiger partial charge in [-0.1, -0.05) is 51.2 Å². The van der Waals surface area contributed by atoms with Gasteiger partial charge in [0.15, 0.2) is 5.96 Å². The van der Waals surface area contributed by atoms with Gasteiger partial charge in [-0.2, -0.15) is 5.26 Å². The van der Waals surface area contributed by atoms with Gasteiger partial charge in [0.25, 0.3) is 0 Å². The standard InChI is InChI=1S/C17H26N4/c1-2-3-4-5-6-7-12-20-17(19)21-14-16-10-8-15(13-18)9-11-16/h8-11H,2-7,12,14H2,1H3,(H3,19,20,21). The minimum Gasteiger partial charge on any atom is -0.370 e. The molecular formula is C17H26N4. The monoisotopic (exact) mass is 286 g/mol. The summed E-state index contributed by atoms with van der Waals surface area (Å²) in [5.74, 6) is 0.493. The molecule has 0 unspecified atom stereocenters. The number of rotatable bonds is 9. The number of nitriles is 1. The van der Waals surface area contributed by atoms with E-state index in [4.69, 9.17) is 11.0 Å². The molecule has 1 rings (SSSR count). The van der Waals surface area contributed by atoms with Crippen LogP contribution in [0.15, 0.2) is 29.3 Å². The van der Waals surface area contributed by atoms with Crippen LogP contribution in [0.2, 0.25) is 0 Å². The number of hydrogen-bond acceptors (Lipinski definition) is 2. The molecule has 0 bridgehead atoms. The molecule has 3 N–H and O–H groups in total. The van der Waals surface area contributed by atoms with Crippen LogP contribution in [0.1, 0.15) is 56.6 Å². The number of hydrogen-bond donors (Lipinski definition) is 2. The van der Waals surface area contributed by atoms with Gasteiger partial charge in [-0.3, -0.25) is 0 Å². The summed E-state index contributed by atoms with van der Waals surface area (Å²) in [5, 5.41) is 11.9. The zero-order valence-electron chi connectivity index (χ0n) is 12.9. The fourth-order valence-electron chi connectivity index (χ4n) is 2.04. The normalized spacial score (nSPS) is 11.1. The maximum atomic E-state index is 8.73. The first kappa shape index (κ1) is 17.0. The van der Waals surface area contributed by atoms with Gasteiger partial charge in [0.05, 0.1) is 18.2 Å². The molecule has 1 aromatic rings. The zero-order valence-corrected chi connectivity index (χ0v) is 12.9. The highest BCUT2D eigenvalue weighted by molar-refractivity contribution is 5.77. The van der Waals surface area contributed by atoms with Crippen molar-refractivity contribution in [3.05, 3.63) is 35.4 Å². The second-order valence-electron chi connectivity index (χ2n) is 5.20. The number of guanidine groups is 1. The molecule has 0 amide bonds. The summed E-state index contributed by atoms with van der Waals surface area (Å²) >= 11 is 0. The summed E-state index contributed by atoms with van der Waals surface area (Å²) in [6.07, 6.45) is 7.64. The van der Waals surface area contributed by atoms with Gasteiger partial charge < -0.3 is 11.1 Å². The average Bonchev–Trinajstić information content (AvgIpc) is 2.52. The Bertz CT molecular complexity index is 457. The van der Waals surface area contributed by atoms with Crippen molar-refractivity contribution in [3.63, 3.8) is 0 Å². The molecule has 0 saturated heterocycles. The second kappa shape index (κ2) is 10.7. The molecule has 4 nitrogen and oxygen atoms in total. The Kier molecular flexibility index (Phi) is 8.70. The minimum absolute atomic E-state index is 0.493. The lowest BCUT2D eigenvalue weighted by atomic mass is 10.1. The fourth-order valence-corrected chi connectivity index (χ4v) is 2.04. The first-order valence-electron chi connectivity index (χ1n) is 7.79. The molecule has 114 valence electrons. The van der Waals surface area contributed by atoms with Gasteiger partial charge in [-0.15, -0.1) is 0 Å². The van der Waals surface area contributed by atoms with Crippen LogP contribution < -0.4 is 11.1 Å². The van der Waals surface area contributed by atoms with Gasteiger partial charge in [-0.05, 0) is 24.1 Å². The summed E-state index contributed by atoms with van der Waals surface area (Å²) in [7, 11) is 0.